The molecule has 1 N–H and O–H groups in total. The lowest BCUT2D eigenvalue weighted by atomic mass is 10.1. The Labute approximate surface area is 136 Å². The van der Waals surface area contributed by atoms with Gasteiger partial charge in [-0.3, -0.25) is 4.79 Å². The molecule has 5 nitrogen and oxygen atoms in total. The van der Waals surface area contributed by atoms with E-state index in [-0.39, 0.29) is 12.0 Å². The number of ether oxygens (including phenoxy) is 3. The third-order valence-corrected chi connectivity index (χ3v) is 3.14. The zero-order valence-electron chi connectivity index (χ0n) is 13.8. The Morgan fingerprint density at radius 3 is 2.17 bits per heavy atom. The number of anilines is 1. The molecule has 2 aromatic carbocycles. The number of nitrogens with one attached hydrogen (secondary N) is 1. The minimum Gasteiger partial charge on any atom is -0.497 e. The molecule has 0 unspecified atom stereocenters. The molecule has 0 atom stereocenters. The van der Waals surface area contributed by atoms with Crippen molar-refractivity contribution in [3.63, 3.8) is 0 Å². The fraction of sp³-hybridized carbons (Fsp3) is 0.278. The second kappa shape index (κ2) is 7.54. The summed E-state index contributed by atoms with van der Waals surface area (Å²) in [7, 11) is 3.08. The molecule has 0 aliphatic carbocycles. The Hall–Kier alpha value is -2.69. The summed E-state index contributed by atoms with van der Waals surface area (Å²) in [4.78, 5) is 12.4. The van der Waals surface area contributed by atoms with E-state index in [0.29, 0.717) is 22.7 Å². The summed E-state index contributed by atoms with van der Waals surface area (Å²) < 4.78 is 16.0. The highest BCUT2D eigenvalue weighted by molar-refractivity contribution is 6.06. The van der Waals surface area contributed by atoms with Crippen LogP contribution in [0.4, 0.5) is 5.69 Å². The first-order valence-corrected chi connectivity index (χ1v) is 7.33. The average Bonchev–Trinajstić information content (AvgIpc) is 2.55. The highest BCUT2D eigenvalue weighted by Gasteiger charge is 2.14. The van der Waals surface area contributed by atoms with Crippen LogP contribution in [0.25, 0.3) is 0 Å². The Morgan fingerprint density at radius 2 is 1.61 bits per heavy atom. The standard InChI is InChI=1S/C18H21NO4/c1-12(2)23-14-7-5-13(6-8-14)19-18(20)16-11-15(21-3)9-10-17(16)22-4/h5-12H,1-4H3,(H,19,20). The highest BCUT2D eigenvalue weighted by Crippen LogP contribution is 2.25. The molecule has 0 saturated carbocycles. The van der Waals surface area contributed by atoms with Crippen molar-refractivity contribution in [1.29, 1.82) is 0 Å². The molecule has 5 heteroatoms. The zero-order chi connectivity index (χ0) is 16.8. The molecule has 2 rings (SSSR count). The Kier molecular flexibility index (Phi) is 5.46. The van der Waals surface area contributed by atoms with Crippen LogP contribution in [0.3, 0.4) is 0 Å². The Balaban J connectivity index is 2.15. The maximum atomic E-state index is 12.4. The van der Waals surface area contributed by atoms with Crippen molar-refractivity contribution in [3.05, 3.63) is 48.0 Å². The lowest BCUT2D eigenvalue weighted by molar-refractivity contribution is 0.102. The molecule has 0 aliphatic heterocycles. The predicted molar refractivity (Wildman–Crippen MR) is 89.7 cm³/mol. The quantitative estimate of drug-likeness (QED) is 0.882. The van der Waals surface area contributed by atoms with Gasteiger partial charge in [0.1, 0.15) is 17.2 Å². The minimum absolute atomic E-state index is 0.108. The van der Waals surface area contributed by atoms with Crippen molar-refractivity contribution in [2.24, 2.45) is 0 Å². The lowest BCUT2D eigenvalue weighted by Crippen LogP contribution is -2.13. The first-order chi connectivity index (χ1) is 11.0. The summed E-state index contributed by atoms with van der Waals surface area (Å²) in [6, 6.07) is 12.3. The first kappa shape index (κ1) is 16.7. The number of hydrogen-bond donors (Lipinski definition) is 1. The Morgan fingerprint density at radius 1 is 0.957 bits per heavy atom. The molecule has 0 fully saturated rings. The molecule has 0 bridgehead atoms. The monoisotopic (exact) mass is 315 g/mol. The average molecular weight is 315 g/mol. The number of hydrogen-bond acceptors (Lipinski definition) is 4. The smallest absolute Gasteiger partial charge is 0.259 e. The van der Waals surface area contributed by atoms with E-state index < -0.39 is 0 Å². The fourth-order valence-corrected chi connectivity index (χ4v) is 2.08. The van der Waals surface area contributed by atoms with Crippen LogP contribution in [0.5, 0.6) is 17.2 Å². The van der Waals surface area contributed by atoms with E-state index >= 15 is 0 Å². The van der Waals surface area contributed by atoms with Crippen molar-refractivity contribution in [2.75, 3.05) is 19.5 Å². The maximum absolute atomic E-state index is 12.4. The summed E-state index contributed by atoms with van der Waals surface area (Å²) in [5.41, 5.74) is 1.09. The van der Waals surface area contributed by atoms with Gasteiger partial charge in [0.2, 0.25) is 0 Å². The highest BCUT2D eigenvalue weighted by atomic mass is 16.5. The van der Waals surface area contributed by atoms with Gasteiger partial charge >= 0.3 is 0 Å². The molecule has 0 saturated heterocycles. The maximum Gasteiger partial charge on any atom is 0.259 e. The lowest BCUT2D eigenvalue weighted by Gasteiger charge is -2.12. The zero-order valence-corrected chi connectivity index (χ0v) is 13.8. The first-order valence-electron chi connectivity index (χ1n) is 7.33. The van der Waals surface area contributed by atoms with E-state index in [4.69, 9.17) is 14.2 Å². The van der Waals surface area contributed by atoms with Crippen molar-refractivity contribution < 1.29 is 19.0 Å². The molecule has 1 amide bonds. The van der Waals surface area contributed by atoms with Gasteiger partial charge < -0.3 is 19.5 Å². The van der Waals surface area contributed by atoms with Gasteiger partial charge in [-0.25, -0.2) is 0 Å². The molecular formula is C18H21NO4. The van der Waals surface area contributed by atoms with Gasteiger partial charge in [-0.05, 0) is 56.3 Å². The van der Waals surface area contributed by atoms with E-state index in [9.17, 15) is 4.79 Å². The number of benzene rings is 2. The van der Waals surface area contributed by atoms with Crippen LogP contribution in [0.15, 0.2) is 42.5 Å². The number of carbonyl (C=O) groups is 1. The van der Waals surface area contributed by atoms with Gasteiger partial charge in [-0.2, -0.15) is 0 Å². The van der Waals surface area contributed by atoms with Crippen LogP contribution in [0.2, 0.25) is 0 Å². The SMILES string of the molecule is COc1ccc(OC)c(C(=O)Nc2ccc(OC(C)C)cc2)c1. The molecule has 0 heterocycles. The molecule has 0 aliphatic rings. The van der Waals surface area contributed by atoms with Crippen LogP contribution in [0, 0.1) is 0 Å². The van der Waals surface area contributed by atoms with Crippen LogP contribution in [0.1, 0.15) is 24.2 Å². The van der Waals surface area contributed by atoms with Crippen LogP contribution in [-0.2, 0) is 0 Å². The van der Waals surface area contributed by atoms with Crippen molar-refractivity contribution in [2.45, 2.75) is 20.0 Å². The molecule has 0 aromatic heterocycles. The van der Waals surface area contributed by atoms with Crippen molar-refractivity contribution >= 4 is 11.6 Å². The van der Waals surface area contributed by atoms with E-state index in [1.807, 2.05) is 26.0 Å². The molecule has 23 heavy (non-hydrogen) atoms. The van der Waals surface area contributed by atoms with Crippen molar-refractivity contribution in [1.82, 2.24) is 0 Å². The minimum atomic E-state index is -0.265. The number of rotatable bonds is 6. The summed E-state index contributed by atoms with van der Waals surface area (Å²) in [5.74, 6) is 1.58. The van der Waals surface area contributed by atoms with E-state index in [1.54, 1.807) is 37.4 Å². The van der Waals surface area contributed by atoms with E-state index in [2.05, 4.69) is 5.32 Å². The summed E-state index contributed by atoms with van der Waals surface area (Å²) in [6.07, 6.45) is 0.108. The van der Waals surface area contributed by atoms with Crippen molar-refractivity contribution in [3.8, 4) is 17.2 Å². The largest absolute Gasteiger partial charge is 0.497 e. The van der Waals surface area contributed by atoms with Gasteiger partial charge in [-0.15, -0.1) is 0 Å². The van der Waals surface area contributed by atoms with E-state index in [0.717, 1.165) is 5.75 Å². The molecular weight excluding hydrogens is 294 g/mol. The third kappa shape index (κ3) is 4.39. The predicted octanol–water partition coefficient (Wildman–Crippen LogP) is 3.74. The summed E-state index contributed by atoms with van der Waals surface area (Å²) in [6.45, 7) is 3.93. The number of carbonyl (C=O) groups excluding carboxylic acids is 1. The van der Waals surface area contributed by atoms with E-state index in [1.165, 1.54) is 7.11 Å². The molecule has 0 spiro atoms. The molecule has 0 radical (unpaired) electrons. The van der Waals surface area contributed by atoms with Gasteiger partial charge in [0.25, 0.3) is 5.91 Å². The second-order valence-electron chi connectivity index (χ2n) is 5.21. The van der Waals surface area contributed by atoms with Gasteiger partial charge in [0.05, 0.1) is 25.9 Å². The molecule has 2 aromatic rings. The normalized spacial score (nSPS) is 10.3. The Bertz CT molecular complexity index is 665. The van der Waals surface area contributed by atoms with Crippen LogP contribution in [-0.4, -0.2) is 26.2 Å². The molecule has 122 valence electrons. The summed E-state index contributed by atoms with van der Waals surface area (Å²) in [5, 5.41) is 2.83. The summed E-state index contributed by atoms with van der Waals surface area (Å²) >= 11 is 0. The van der Waals surface area contributed by atoms with Gasteiger partial charge in [0, 0.05) is 5.69 Å². The van der Waals surface area contributed by atoms with Gasteiger partial charge in [0.15, 0.2) is 0 Å². The fourth-order valence-electron chi connectivity index (χ4n) is 2.08. The van der Waals surface area contributed by atoms with Crippen LogP contribution < -0.4 is 19.5 Å². The topological polar surface area (TPSA) is 56.8 Å². The number of amides is 1. The van der Waals surface area contributed by atoms with Crippen LogP contribution >= 0.6 is 0 Å². The van der Waals surface area contributed by atoms with Gasteiger partial charge in [-0.1, -0.05) is 0 Å². The third-order valence-electron chi connectivity index (χ3n) is 3.14. The number of methoxy groups -OCH3 is 2. The second-order valence-corrected chi connectivity index (χ2v) is 5.21.